The van der Waals surface area contributed by atoms with Crippen LogP contribution in [0.2, 0.25) is 0 Å². The summed E-state index contributed by atoms with van der Waals surface area (Å²) in [5.41, 5.74) is -0.838. The molecule has 4 N–H and O–H groups in total. The topological polar surface area (TPSA) is 142 Å². The summed E-state index contributed by atoms with van der Waals surface area (Å²) in [6.07, 6.45) is 2.22. The Morgan fingerprint density at radius 3 is 2.24 bits per heavy atom. The van der Waals surface area contributed by atoms with Crippen LogP contribution < -0.4 is 10.6 Å². The van der Waals surface area contributed by atoms with E-state index in [1.807, 2.05) is 12.5 Å². The van der Waals surface area contributed by atoms with Crippen LogP contribution in [-0.2, 0) is 23.9 Å². The van der Waals surface area contributed by atoms with E-state index in [0.29, 0.717) is 0 Å². The zero-order chi connectivity index (χ0) is 19.9. The van der Waals surface area contributed by atoms with Crippen LogP contribution in [0.3, 0.4) is 0 Å². The van der Waals surface area contributed by atoms with Crippen LogP contribution in [0, 0.1) is 5.41 Å². The van der Waals surface area contributed by atoms with Gasteiger partial charge in [-0.25, -0.2) is 0 Å². The second-order valence-corrected chi connectivity index (χ2v) is 13.3. The van der Waals surface area contributed by atoms with E-state index < -0.39 is 48.5 Å². The van der Waals surface area contributed by atoms with E-state index in [0.717, 1.165) is 0 Å². The quantitative estimate of drug-likeness (QED) is 0.176. The van der Waals surface area contributed by atoms with Crippen molar-refractivity contribution in [2.45, 2.75) is 26.4 Å². The molecule has 0 aliphatic heterocycles. The van der Waals surface area contributed by atoms with Crippen LogP contribution in [0.5, 0.6) is 0 Å². The van der Waals surface area contributed by atoms with E-state index in [1.54, 1.807) is 13.8 Å². The van der Waals surface area contributed by atoms with Gasteiger partial charge in [0.1, 0.15) is 6.10 Å². The first-order valence-electron chi connectivity index (χ1n) is 7.42. The Morgan fingerprint density at radius 1 is 1.20 bits per heavy atom. The molecular formula is C13H28N2O7S3. The molecule has 0 fully saturated rings. The Hall–Kier alpha value is -0.530. The number of aliphatic hydroxyl groups excluding tert-OH is 1. The number of carbonyl (C=O) groups excluding carboxylic acids is 2. The summed E-state index contributed by atoms with van der Waals surface area (Å²) in [6, 6.07) is 0. The van der Waals surface area contributed by atoms with Crippen LogP contribution in [-0.4, -0.2) is 74.0 Å². The van der Waals surface area contributed by atoms with E-state index in [4.69, 9.17) is 8.74 Å². The molecule has 12 heteroatoms. The average molecular weight is 421 g/mol. The largest absolute Gasteiger partial charge is 0.383 e. The molecule has 0 spiro atoms. The maximum Gasteiger partial charge on any atom is 0.266 e. The molecule has 1 unspecified atom stereocenters. The number of carbonyl (C=O) groups is 2. The van der Waals surface area contributed by atoms with E-state index in [-0.39, 0.29) is 26.1 Å². The summed E-state index contributed by atoms with van der Waals surface area (Å²) in [7, 11) is -5.66. The van der Waals surface area contributed by atoms with Gasteiger partial charge >= 0.3 is 0 Å². The lowest BCUT2D eigenvalue weighted by Gasteiger charge is -2.34. The standard InChI is InChI=1S/C13H28N2O7S3/c1-13(2,9-22-24(3,4)23)11(17)12(18)15-6-5-10(16)14-7-8-25(19,20)21/h11,17,23H,5-9H2,1-4H3,(H,14,16)(H,15,18)(H,19,20,21). The van der Waals surface area contributed by atoms with Crippen LogP contribution in [0.15, 0.2) is 0 Å². The van der Waals surface area contributed by atoms with Crippen molar-refractivity contribution >= 4 is 42.9 Å². The molecule has 1 atom stereocenters. The van der Waals surface area contributed by atoms with Gasteiger partial charge in [-0.15, -0.1) is 11.7 Å². The first-order chi connectivity index (χ1) is 11.1. The molecule has 0 aromatic heterocycles. The van der Waals surface area contributed by atoms with Crippen LogP contribution in [0.1, 0.15) is 20.3 Å². The third-order valence-electron chi connectivity index (χ3n) is 3.04. The van der Waals surface area contributed by atoms with Gasteiger partial charge in [0.05, 0.1) is 12.4 Å². The molecule has 2 amide bonds. The van der Waals surface area contributed by atoms with Gasteiger partial charge in [-0.2, -0.15) is 8.42 Å². The fraction of sp³-hybridized carbons (Fsp3) is 0.846. The molecule has 0 heterocycles. The number of hydrogen-bond acceptors (Lipinski definition) is 7. The van der Waals surface area contributed by atoms with Gasteiger partial charge < -0.3 is 19.9 Å². The highest BCUT2D eigenvalue weighted by Crippen LogP contribution is 2.47. The van der Waals surface area contributed by atoms with E-state index in [1.165, 1.54) is 0 Å². The molecule has 0 radical (unpaired) electrons. The van der Waals surface area contributed by atoms with E-state index in [9.17, 15) is 23.1 Å². The molecule has 0 aliphatic rings. The van der Waals surface area contributed by atoms with Crippen LogP contribution in [0.4, 0.5) is 0 Å². The fourth-order valence-electron chi connectivity index (χ4n) is 1.53. The van der Waals surface area contributed by atoms with Crippen LogP contribution in [0.25, 0.3) is 0 Å². The van der Waals surface area contributed by atoms with Gasteiger partial charge in [0.15, 0.2) is 0 Å². The van der Waals surface area contributed by atoms with E-state index in [2.05, 4.69) is 22.3 Å². The molecule has 0 aromatic carbocycles. The van der Waals surface area contributed by atoms with Crippen molar-refractivity contribution in [2.75, 3.05) is 38.0 Å². The van der Waals surface area contributed by atoms with E-state index >= 15 is 0 Å². The van der Waals surface area contributed by atoms with Crippen molar-refractivity contribution in [1.82, 2.24) is 10.6 Å². The lowest BCUT2D eigenvalue weighted by Crippen LogP contribution is -2.46. The monoisotopic (exact) mass is 420 g/mol. The Labute approximate surface area is 155 Å². The number of rotatable bonds is 11. The first kappa shape index (κ1) is 24.5. The summed E-state index contributed by atoms with van der Waals surface area (Å²) in [4.78, 5) is 23.4. The van der Waals surface area contributed by atoms with Gasteiger partial charge in [-0.05, 0) is 12.5 Å². The molecule has 0 rings (SSSR count). The lowest BCUT2D eigenvalue weighted by molar-refractivity contribution is -0.136. The predicted octanol–water partition coefficient (Wildman–Crippen LogP) is -0.276. The van der Waals surface area contributed by atoms with Crippen molar-refractivity contribution in [3.8, 4) is 0 Å². The maximum absolute atomic E-state index is 12.0. The summed E-state index contributed by atoms with van der Waals surface area (Å²) < 4.78 is 35.1. The van der Waals surface area contributed by atoms with Gasteiger partial charge in [0.25, 0.3) is 10.1 Å². The second kappa shape index (κ2) is 9.97. The molecule has 0 bridgehead atoms. The van der Waals surface area contributed by atoms with Crippen molar-refractivity contribution in [3.63, 3.8) is 0 Å². The Balaban J connectivity index is 4.21. The minimum absolute atomic E-state index is 0.0200. The Morgan fingerprint density at radius 2 is 1.76 bits per heavy atom. The SMILES string of the molecule is CC(C)(COS(C)(C)S)C(O)C(=O)NCCC(=O)NCCS(=O)(=O)O. The highest BCUT2D eigenvalue weighted by Gasteiger charge is 2.34. The number of thiol groups is 1. The third-order valence-corrected chi connectivity index (χ3v) is 4.77. The minimum atomic E-state index is -4.13. The van der Waals surface area contributed by atoms with Gasteiger partial charge in [-0.3, -0.25) is 14.1 Å². The number of hydrogen-bond donors (Lipinski definition) is 5. The molecule has 0 aliphatic carbocycles. The second-order valence-electron chi connectivity index (χ2n) is 6.51. The summed E-state index contributed by atoms with van der Waals surface area (Å²) >= 11 is 4.29. The number of aliphatic hydroxyl groups is 1. The van der Waals surface area contributed by atoms with Crippen molar-refractivity contribution < 1.29 is 31.8 Å². The third kappa shape index (κ3) is 12.5. The highest BCUT2D eigenvalue weighted by molar-refractivity contribution is 8.85. The molecule has 150 valence electrons. The van der Waals surface area contributed by atoms with Crippen molar-refractivity contribution in [3.05, 3.63) is 0 Å². The normalized spacial score (nSPS) is 14.7. The average Bonchev–Trinajstić information content (AvgIpc) is 2.42. The Kier molecular flexibility index (Phi) is 9.76. The van der Waals surface area contributed by atoms with Crippen molar-refractivity contribution in [1.29, 1.82) is 0 Å². The summed E-state index contributed by atoms with van der Waals surface area (Å²) in [5, 5.41) is 14.9. The number of nitrogens with one attached hydrogen (secondary N) is 2. The highest BCUT2D eigenvalue weighted by atomic mass is 33.1. The zero-order valence-corrected chi connectivity index (χ0v) is 17.3. The van der Waals surface area contributed by atoms with Gasteiger partial charge in [0.2, 0.25) is 11.8 Å². The van der Waals surface area contributed by atoms with Gasteiger partial charge in [-0.1, -0.05) is 23.2 Å². The van der Waals surface area contributed by atoms with Gasteiger partial charge in [0, 0.05) is 24.9 Å². The molecule has 0 saturated carbocycles. The number of amides is 2. The Bertz CT molecular complexity index is 558. The molecule has 9 nitrogen and oxygen atoms in total. The smallest absolute Gasteiger partial charge is 0.266 e. The predicted molar refractivity (Wildman–Crippen MR) is 101 cm³/mol. The zero-order valence-electron chi connectivity index (χ0n) is 14.8. The molecule has 0 aromatic rings. The van der Waals surface area contributed by atoms with Crippen molar-refractivity contribution in [2.24, 2.45) is 5.41 Å². The molecule has 0 saturated heterocycles. The first-order valence-corrected chi connectivity index (χ1v) is 12.5. The molecular weight excluding hydrogens is 392 g/mol. The fourth-order valence-corrected chi connectivity index (χ4v) is 2.64. The lowest BCUT2D eigenvalue weighted by atomic mass is 9.87. The summed E-state index contributed by atoms with van der Waals surface area (Å²) in [5.74, 6) is -1.70. The minimum Gasteiger partial charge on any atom is -0.383 e. The maximum atomic E-state index is 12.0. The van der Waals surface area contributed by atoms with Crippen LogP contribution >= 0.6 is 21.0 Å². The summed E-state index contributed by atoms with van der Waals surface area (Å²) in [6.45, 7) is 3.26. The molecule has 25 heavy (non-hydrogen) atoms.